The number of alkyl halides is 7. The first kappa shape index (κ1) is 26.5. The summed E-state index contributed by atoms with van der Waals surface area (Å²) in [5.74, 6) is -6.83. The highest BCUT2D eigenvalue weighted by Gasteiger charge is 2.52. The van der Waals surface area contributed by atoms with Crippen molar-refractivity contribution >= 4 is 29.1 Å². The second kappa shape index (κ2) is 9.85. The predicted octanol–water partition coefficient (Wildman–Crippen LogP) is 3.31. The SMILES string of the molecule is C[C@@](C(=O)NC1COCC1(F)F)(c1cncnc1)N(C(=O)[C@H](F)Cl)c1ccc(OC(F)(F)F)cc1. The Kier molecular flexibility index (Phi) is 7.45. The van der Waals surface area contributed by atoms with E-state index in [1.165, 1.54) is 0 Å². The molecule has 1 unspecified atom stereocenters. The summed E-state index contributed by atoms with van der Waals surface area (Å²) in [6.07, 6.45) is -1.77. The van der Waals surface area contributed by atoms with Gasteiger partial charge in [-0.15, -0.1) is 13.2 Å². The Bertz CT molecular complexity index is 1060. The molecular formula is C20H17ClF6N4O4. The Labute approximate surface area is 199 Å². The second-order valence-electron chi connectivity index (χ2n) is 7.52. The Morgan fingerprint density at radius 2 is 1.83 bits per heavy atom. The Morgan fingerprint density at radius 3 is 2.31 bits per heavy atom. The fourth-order valence-electron chi connectivity index (χ4n) is 3.39. The molecule has 8 nitrogen and oxygen atoms in total. The maximum absolute atomic E-state index is 14.1. The molecule has 0 aliphatic carbocycles. The smallest absolute Gasteiger partial charge is 0.406 e. The zero-order valence-electron chi connectivity index (χ0n) is 17.7. The van der Waals surface area contributed by atoms with Gasteiger partial charge in [-0.2, -0.15) is 0 Å². The van der Waals surface area contributed by atoms with Gasteiger partial charge in [0.25, 0.3) is 23.4 Å². The molecule has 1 aliphatic rings. The van der Waals surface area contributed by atoms with Gasteiger partial charge < -0.3 is 14.8 Å². The maximum Gasteiger partial charge on any atom is 0.573 e. The molecule has 1 aliphatic heterocycles. The van der Waals surface area contributed by atoms with Crippen LogP contribution in [0.1, 0.15) is 12.5 Å². The zero-order chi connectivity index (χ0) is 26.0. The Hall–Kier alpha value is -3.13. The molecule has 3 atom stereocenters. The quantitative estimate of drug-likeness (QED) is 0.439. The number of rotatable bonds is 7. The van der Waals surface area contributed by atoms with Gasteiger partial charge >= 0.3 is 6.36 Å². The standard InChI is InChI=1S/C20H17ClF6N4O4/c1-18(11-6-28-10-29-7-11,17(33)30-14-8-34-9-19(14,23)24)31(16(32)15(21)22)12-2-4-13(5-3-12)35-20(25,26)27/h2-7,10,14-15H,8-9H2,1H3,(H,30,33)/t14?,15-,18-/m0/s1. The summed E-state index contributed by atoms with van der Waals surface area (Å²) in [5, 5.41) is 2.09. The Balaban J connectivity index is 2.11. The molecule has 0 saturated carbocycles. The van der Waals surface area contributed by atoms with E-state index < -0.39 is 60.3 Å². The number of carbonyl (C=O) groups excluding carboxylic acids is 2. The monoisotopic (exact) mass is 526 g/mol. The van der Waals surface area contributed by atoms with Crippen LogP contribution in [0.4, 0.5) is 32.0 Å². The van der Waals surface area contributed by atoms with Crippen molar-refractivity contribution in [3.8, 4) is 5.75 Å². The van der Waals surface area contributed by atoms with Crippen molar-refractivity contribution in [1.82, 2.24) is 15.3 Å². The first-order chi connectivity index (χ1) is 16.3. The summed E-state index contributed by atoms with van der Waals surface area (Å²) in [4.78, 5) is 34.3. The number of aromatic nitrogens is 2. The van der Waals surface area contributed by atoms with E-state index >= 15 is 0 Å². The number of nitrogens with one attached hydrogen (secondary N) is 1. The lowest BCUT2D eigenvalue weighted by molar-refractivity contribution is -0.274. The highest BCUT2D eigenvalue weighted by atomic mass is 35.5. The molecule has 0 radical (unpaired) electrons. The van der Waals surface area contributed by atoms with Crippen LogP contribution in [0, 0.1) is 0 Å². The number of hydrogen-bond donors (Lipinski definition) is 1. The third-order valence-corrected chi connectivity index (χ3v) is 5.33. The minimum Gasteiger partial charge on any atom is -0.406 e. The number of halogens is 7. The lowest BCUT2D eigenvalue weighted by Gasteiger charge is -2.40. The molecule has 2 heterocycles. The van der Waals surface area contributed by atoms with E-state index in [1.54, 1.807) is 0 Å². The highest BCUT2D eigenvalue weighted by molar-refractivity contribution is 6.32. The Morgan fingerprint density at radius 1 is 1.23 bits per heavy atom. The van der Waals surface area contributed by atoms with Gasteiger partial charge in [0.2, 0.25) is 0 Å². The summed E-state index contributed by atoms with van der Waals surface area (Å²) >= 11 is 5.37. The van der Waals surface area contributed by atoms with Gasteiger partial charge in [-0.05, 0) is 31.2 Å². The average Bonchev–Trinajstić information content (AvgIpc) is 3.11. The number of benzene rings is 1. The van der Waals surface area contributed by atoms with E-state index in [2.05, 4.69) is 20.0 Å². The van der Waals surface area contributed by atoms with E-state index in [-0.39, 0.29) is 11.3 Å². The van der Waals surface area contributed by atoms with Gasteiger partial charge in [0, 0.05) is 23.6 Å². The lowest BCUT2D eigenvalue weighted by Crippen LogP contribution is -2.61. The number of carbonyl (C=O) groups is 2. The van der Waals surface area contributed by atoms with E-state index in [4.69, 9.17) is 16.3 Å². The van der Waals surface area contributed by atoms with Crippen LogP contribution in [0.5, 0.6) is 5.75 Å². The summed E-state index contributed by atoms with van der Waals surface area (Å²) < 4.78 is 88.3. The molecule has 1 fully saturated rings. The number of ether oxygens (including phenoxy) is 2. The van der Waals surface area contributed by atoms with E-state index in [1.807, 2.05) is 0 Å². The number of nitrogens with zero attached hydrogens (tertiary/aromatic N) is 3. The van der Waals surface area contributed by atoms with Crippen LogP contribution in [0.3, 0.4) is 0 Å². The second-order valence-corrected chi connectivity index (χ2v) is 7.90. The average molecular weight is 527 g/mol. The zero-order valence-corrected chi connectivity index (χ0v) is 18.5. The maximum atomic E-state index is 14.1. The van der Waals surface area contributed by atoms with Crippen molar-refractivity contribution in [1.29, 1.82) is 0 Å². The molecule has 2 amide bonds. The van der Waals surface area contributed by atoms with Crippen molar-refractivity contribution in [3.05, 3.63) is 48.5 Å². The molecule has 15 heteroatoms. The van der Waals surface area contributed by atoms with E-state index in [0.717, 1.165) is 49.9 Å². The third-order valence-electron chi connectivity index (χ3n) is 5.14. The van der Waals surface area contributed by atoms with Crippen LogP contribution in [0.25, 0.3) is 0 Å². The summed E-state index contributed by atoms with van der Waals surface area (Å²) in [6, 6.07) is 1.70. The van der Waals surface area contributed by atoms with Crippen molar-refractivity contribution in [2.24, 2.45) is 0 Å². The van der Waals surface area contributed by atoms with Crippen molar-refractivity contribution in [2.75, 3.05) is 18.1 Å². The van der Waals surface area contributed by atoms with Crippen molar-refractivity contribution in [2.45, 2.75) is 36.4 Å². The van der Waals surface area contributed by atoms with Crippen molar-refractivity contribution < 1.29 is 45.4 Å². The largest absolute Gasteiger partial charge is 0.573 e. The predicted molar refractivity (Wildman–Crippen MR) is 108 cm³/mol. The molecule has 35 heavy (non-hydrogen) atoms. The molecule has 190 valence electrons. The van der Waals surface area contributed by atoms with Gasteiger partial charge in [-0.3, -0.25) is 14.5 Å². The molecule has 1 saturated heterocycles. The highest BCUT2D eigenvalue weighted by Crippen LogP contribution is 2.37. The fraction of sp³-hybridized carbons (Fsp3) is 0.400. The molecule has 1 aromatic heterocycles. The van der Waals surface area contributed by atoms with Crippen LogP contribution in [-0.2, 0) is 19.9 Å². The first-order valence-corrected chi connectivity index (χ1v) is 10.2. The normalized spacial score (nSPS) is 19.9. The van der Waals surface area contributed by atoms with Crippen molar-refractivity contribution in [3.63, 3.8) is 0 Å². The van der Waals surface area contributed by atoms with E-state index in [9.17, 15) is 35.9 Å². The minimum atomic E-state index is -5.01. The molecular weight excluding hydrogens is 510 g/mol. The summed E-state index contributed by atoms with van der Waals surface area (Å²) in [5.41, 5.74) is -5.44. The van der Waals surface area contributed by atoms with Crippen LogP contribution in [-0.4, -0.2) is 59.0 Å². The number of hydrogen-bond acceptors (Lipinski definition) is 6. The lowest BCUT2D eigenvalue weighted by atomic mass is 9.89. The molecule has 0 bridgehead atoms. The fourth-order valence-corrected chi connectivity index (χ4v) is 3.49. The van der Waals surface area contributed by atoms with Gasteiger partial charge in [-0.25, -0.2) is 23.1 Å². The minimum absolute atomic E-state index is 0.138. The van der Waals surface area contributed by atoms with Gasteiger partial charge in [0.1, 0.15) is 24.7 Å². The molecule has 1 N–H and O–H groups in total. The molecule has 2 aromatic rings. The van der Waals surface area contributed by atoms with E-state index in [0.29, 0.717) is 4.90 Å². The van der Waals surface area contributed by atoms with Crippen LogP contribution >= 0.6 is 11.6 Å². The van der Waals surface area contributed by atoms with Gasteiger partial charge in [0.15, 0.2) is 5.54 Å². The number of amides is 2. The van der Waals surface area contributed by atoms with Gasteiger partial charge in [0.05, 0.1) is 6.61 Å². The summed E-state index contributed by atoms with van der Waals surface area (Å²) in [7, 11) is 0. The topological polar surface area (TPSA) is 93.6 Å². The van der Waals surface area contributed by atoms with Crippen LogP contribution in [0.15, 0.2) is 43.0 Å². The molecule has 1 aromatic carbocycles. The van der Waals surface area contributed by atoms with Crippen LogP contribution < -0.4 is 15.0 Å². The number of anilines is 1. The first-order valence-electron chi connectivity index (χ1n) is 9.76. The van der Waals surface area contributed by atoms with Crippen LogP contribution in [0.2, 0.25) is 0 Å². The molecule has 3 rings (SSSR count). The van der Waals surface area contributed by atoms with Gasteiger partial charge in [-0.1, -0.05) is 11.6 Å². The molecule has 0 spiro atoms. The summed E-state index contributed by atoms with van der Waals surface area (Å²) in [6.45, 7) is -0.411. The third kappa shape index (κ3) is 5.75.